The fourth-order valence-corrected chi connectivity index (χ4v) is 0.928. The minimum Gasteiger partial charge on any atom is -0.481 e. The zero-order valence-corrected chi connectivity index (χ0v) is 9.13. The third kappa shape index (κ3) is 7.77. The lowest BCUT2D eigenvalue weighted by Crippen LogP contribution is -2.42. The van der Waals surface area contributed by atoms with Gasteiger partial charge in [0.15, 0.2) is 6.61 Å². The highest BCUT2D eigenvalue weighted by Crippen LogP contribution is 1.98. The summed E-state index contributed by atoms with van der Waals surface area (Å²) in [7, 11) is 0. The summed E-state index contributed by atoms with van der Waals surface area (Å²) in [6.45, 7) is 0.512. The third-order valence-electron chi connectivity index (χ3n) is 1.69. The smallest absolute Gasteiger partial charge is 0.326 e. The lowest BCUT2D eigenvalue weighted by molar-refractivity contribution is -0.148. The quantitative estimate of drug-likeness (QED) is 0.491. The van der Waals surface area contributed by atoms with E-state index in [-0.39, 0.29) is 12.8 Å². The average molecular weight is 247 g/mol. The van der Waals surface area contributed by atoms with Crippen molar-refractivity contribution in [2.75, 3.05) is 6.61 Å². The number of aliphatic carboxylic acids is 2. The highest BCUT2D eigenvalue weighted by Gasteiger charge is 2.21. The molecule has 0 rings (SSSR count). The molecule has 1 amide bonds. The highest BCUT2D eigenvalue weighted by molar-refractivity contribution is 5.85. The Balaban J connectivity index is 4.15. The molecule has 8 heteroatoms. The lowest BCUT2D eigenvalue weighted by Gasteiger charge is -2.13. The summed E-state index contributed by atoms with van der Waals surface area (Å²) < 4.78 is 4.35. The molecule has 0 heterocycles. The molecule has 0 aliphatic carbocycles. The van der Waals surface area contributed by atoms with E-state index in [9.17, 15) is 19.2 Å². The average Bonchev–Trinajstić information content (AvgIpc) is 2.20. The summed E-state index contributed by atoms with van der Waals surface area (Å²) in [5.74, 6) is -3.97. The molecule has 0 spiro atoms. The predicted molar refractivity (Wildman–Crippen MR) is 53.1 cm³/mol. The Kier molecular flexibility index (Phi) is 6.30. The van der Waals surface area contributed by atoms with E-state index in [0.717, 1.165) is 6.92 Å². The number of carboxylic acid groups (broad SMARTS) is 2. The fourth-order valence-electron chi connectivity index (χ4n) is 0.928. The molecule has 17 heavy (non-hydrogen) atoms. The molecule has 96 valence electrons. The molecule has 8 nitrogen and oxygen atoms in total. The molecular weight excluding hydrogens is 234 g/mol. The highest BCUT2D eigenvalue weighted by atomic mass is 16.5. The number of rotatable bonds is 7. The van der Waals surface area contributed by atoms with Crippen LogP contribution in [0, 0.1) is 0 Å². The van der Waals surface area contributed by atoms with Gasteiger partial charge < -0.3 is 20.3 Å². The van der Waals surface area contributed by atoms with E-state index < -0.39 is 36.5 Å². The summed E-state index contributed by atoms with van der Waals surface area (Å²) in [5.41, 5.74) is 0. The zero-order chi connectivity index (χ0) is 13.4. The maximum atomic E-state index is 11.1. The first-order valence-corrected chi connectivity index (χ1v) is 4.70. The predicted octanol–water partition coefficient (Wildman–Crippen LogP) is -1.02. The van der Waals surface area contributed by atoms with E-state index in [0.29, 0.717) is 0 Å². The Morgan fingerprint density at radius 2 is 1.82 bits per heavy atom. The van der Waals surface area contributed by atoms with Crippen LogP contribution in [0.15, 0.2) is 0 Å². The molecule has 0 aliphatic heterocycles. The lowest BCUT2D eigenvalue weighted by atomic mass is 10.1. The van der Waals surface area contributed by atoms with Crippen molar-refractivity contribution in [2.24, 2.45) is 0 Å². The summed E-state index contributed by atoms with van der Waals surface area (Å²) >= 11 is 0. The van der Waals surface area contributed by atoms with Gasteiger partial charge in [-0.2, -0.15) is 0 Å². The van der Waals surface area contributed by atoms with Crippen molar-refractivity contribution >= 4 is 23.8 Å². The number of carbonyl (C=O) groups excluding carboxylic acids is 2. The van der Waals surface area contributed by atoms with Crippen LogP contribution in [0.4, 0.5) is 0 Å². The minimum atomic E-state index is -1.34. The first-order valence-electron chi connectivity index (χ1n) is 4.70. The van der Waals surface area contributed by atoms with Gasteiger partial charge in [0.2, 0.25) is 0 Å². The van der Waals surface area contributed by atoms with Crippen molar-refractivity contribution in [3.8, 4) is 0 Å². The van der Waals surface area contributed by atoms with Gasteiger partial charge in [0.25, 0.3) is 5.91 Å². The van der Waals surface area contributed by atoms with Gasteiger partial charge in [-0.3, -0.25) is 14.4 Å². The summed E-state index contributed by atoms with van der Waals surface area (Å²) in [6, 6.07) is -1.31. The number of ether oxygens (including phenoxy) is 1. The monoisotopic (exact) mass is 247 g/mol. The molecule has 0 bridgehead atoms. The van der Waals surface area contributed by atoms with Crippen LogP contribution in [0.5, 0.6) is 0 Å². The van der Waals surface area contributed by atoms with Crippen LogP contribution in [-0.2, 0) is 23.9 Å². The molecule has 0 radical (unpaired) electrons. The van der Waals surface area contributed by atoms with E-state index in [1.807, 2.05) is 5.32 Å². The van der Waals surface area contributed by atoms with Gasteiger partial charge in [-0.1, -0.05) is 0 Å². The van der Waals surface area contributed by atoms with Crippen molar-refractivity contribution in [1.82, 2.24) is 5.32 Å². The van der Waals surface area contributed by atoms with Crippen molar-refractivity contribution < 1.29 is 34.1 Å². The van der Waals surface area contributed by atoms with Crippen LogP contribution in [0.1, 0.15) is 19.8 Å². The molecule has 0 unspecified atom stereocenters. The Bertz CT molecular complexity index is 325. The van der Waals surface area contributed by atoms with Crippen molar-refractivity contribution in [2.45, 2.75) is 25.8 Å². The van der Waals surface area contributed by atoms with Crippen molar-refractivity contribution in [1.29, 1.82) is 0 Å². The van der Waals surface area contributed by atoms with E-state index in [2.05, 4.69) is 4.74 Å². The molecule has 0 saturated carbocycles. The van der Waals surface area contributed by atoms with E-state index in [1.54, 1.807) is 0 Å². The van der Waals surface area contributed by atoms with Gasteiger partial charge in [0.1, 0.15) is 6.04 Å². The second-order valence-corrected chi connectivity index (χ2v) is 3.17. The van der Waals surface area contributed by atoms with Crippen LogP contribution >= 0.6 is 0 Å². The van der Waals surface area contributed by atoms with Gasteiger partial charge in [-0.05, 0) is 6.42 Å². The fraction of sp³-hybridized carbons (Fsp3) is 0.556. The molecule has 0 aliphatic rings. The number of carbonyl (C=O) groups is 4. The van der Waals surface area contributed by atoms with Gasteiger partial charge in [-0.15, -0.1) is 0 Å². The normalized spacial score (nSPS) is 11.4. The number of amides is 1. The molecule has 0 aromatic rings. The molecule has 3 N–H and O–H groups in total. The largest absolute Gasteiger partial charge is 0.481 e. The van der Waals surface area contributed by atoms with Crippen LogP contribution in [-0.4, -0.2) is 46.7 Å². The van der Waals surface area contributed by atoms with E-state index in [1.165, 1.54) is 0 Å². The van der Waals surface area contributed by atoms with Crippen LogP contribution < -0.4 is 5.32 Å². The standard InChI is InChI=1S/C9H13NO7/c1-5(11)17-4-7(12)10-6(9(15)16)2-3-8(13)14/h6H,2-4H2,1H3,(H,10,12)(H,13,14)(H,15,16)/t6-/m0/s1. The van der Waals surface area contributed by atoms with Crippen LogP contribution in [0.2, 0.25) is 0 Å². The number of hydrogen-bond donors (Lipinski definition) is 3. The molecule has 1 atom stereocenters. The number of hydrogen-bond acceptors (Lipinski definition) is 5. The van der Waals surface area contributed by atoms with E-state index >= 15 is 0 Å². The second-order valence-electron chi connectivity index (χ2n) is 3.17. The maximum Gasteiger partial charge on any atom is 0.326 e. The molecule has 0 saturated heterocycles. The Morgan fingerprint density at radius 3 is 2.24 bits per heavy atom. The van der Waals surface area contributed by atoms with Gasteiger partial charge in [-0.25, -0.2) is 4.79 Å². The molecule has 0 aromatic carbocycles. The van der Waals surface area contributed by atoms with Gasteiger partial charge in [0, 0.05) is 13.3 Å². The van der Waals surface area contributed by atoms with Gasteiger partial charge >= 0.3 is 17.9 Å². The van der Waals surface area contributed by atoms with Crippen molar-refractivity contribution in [3.63, 3.8) is 0 Å². The van der Waals surface area contributed by atoms with Crippen LogP contribution in [0.25, 0.3) is 0 Å². The molecular formula is C9H13NO7. The SMILES string of the molecule is CC(=O)OCC(=O)N[C@@H](CCC(=O)O)C(=O)O. The number of esters is 1. The Morgan fingerprint density at radius 1 is 1.24 bits per heavy atom. The van der Waals surface area contributed by atoms with Crippen molar-refractivity contribution in [3.05, 3.63) is 0 Å². The Hall–Kier alpha value is -2.12. The number of carboxylic acids is 2. The molecule has 0 fully saturated rings. The summed E-state index contributed by atoms with van der Waals surface area (Å²) in [5, 5.41) is 19.1. The van der Waals surface area contributed by atoms with E-state index in [4.69, 9.17) is 10.2 Å². The summed E-state index contributed by atoms with van der Waals surface area (Å²) in [4.78, 5) is 42.4. The van der Waals surface area contributed by atoms with Gasteiger partial charge in [0.05, 0.1) is 0 Å². The molecule has 0 aromatic heterocycles. The summed E-state index contributed by atoms with van der Waals surface area (Å²) in [6.07, 6.45) is -0.624. The first-order chi connectivity index (χ1) is 7.82. The Labute approximate surface area is 96.6 Å². The minimum absolute atomic E-state index is 0.240. The zero-order valence-electron chi connectivity index (χ0n) is 9.13. The number of nitrogens with one attached hydrogen (secondary N) is 1. The third-order valence-corrected chi connectivity index (χ3v) is 1.69. The first kappa shape index (κ1) is 14.9. The van der Waals surface area contributed by atoms with Crippen LogP contribution in [0.3, 0.4) is 0 Å². The second kappa shape index (κ2) is 7.20. The maximum absolute atomic E-state index is 11.1. The topological polar surface area (TPSA) is 130 Å².